The van der Waals surface area contributed by atoms with Gasteiger partial charge in [0.1, 0.15) is 29.6 Å². The van der Waals surface area contributed by atoms with E-state index in [0.717, 1.165) is 22.8 Å². The number of esters is 1. The number of aryl methyl sites for hydroxylation is 1. The number of nitrogens with one attached hydrogen (secondary N) is 1. The van der Waals surface area contributed by atoms with Gasteiger partial charge in [0.05, 0.1) is 24.9 Å². The molecule has 0 fully saturated rings. The number of carbonyl (C=O) groups is 2. The van der Waals surface area contributed by atoms with E-state index in [4.69, 9.17) is 18.3 Å². The Bertz CT molecular complexity index is 1310. The van der Waals surface area contributed by atoms with E-state index in [1.165, 1.54) is 0 Å². The van der Waals surface area contributed by atoms with Gasteiger partial charge in [0.2, 0.25) is 0 Å². The molecule has 2 atom stereocenters. The summed E-state index contributed by atoms with van der Waals surface area (Å²) in [6.45, 7) is 3.77. The maximum Gasteiger partial charge on any atom is 0.337 e. The van der Waals surface area contributed by atoms with Crippen molar-refractivity contribution in [2.24, 2.45) is 0 Å². The van der Waals surface area contributed by atoms with E-state index in [0.29, 0.717) is 41.2 Å². The van der Waals surface area contributed by atoms with Crippen LogP contribution in [-0.4, -0.2) is 18.9 Å². The van der Waals surface area contributed by atoms with Gasteiger partial charge in [-0.15, -0.1) is 0 Å². The monoisotopic (exact) mass is 473 g/mol. The van der Waals surface area contributed by atoms with Crippen LogP contribution in [0.25, 0.3) is 0 Å². The highest BCUT2D eigenvalue weighted by Crippen LogP contribution is 2.46. The van der Waals surface area contributed by atoms with E-state index >= 15 is 0 Å². The zero-order chi connectivity index (χ0) is 24.5. The molecule has 3 heterocycles. The molecule has 2 aliphatic rings. The van der Waals surface area contributed by atoms with Crippen molar-refractivity contribution in [1.29, 1.82) is 0 Å². The SMILES string of the molecule is COc1ccc(COC(=O)C2=C(C)NC3=C(C(=O)C[C@@H](c4ccco4)C3)[C@@H]2c2ccc(C)o2)cc1. The van der Waals surface area contributed by atoms with Gasteiger partial charge in [-0.3, -0.25) is 4.79 Å². The lowest BCUT2D eigenvalue weighted by Crippen LogP contribution is -2.36. The van der Waals surface area contributed by atoms with Crippen molar-refractivity contribution in [2.45, 2.75) is 45.1 Å². The molecular weight excluding hydrogens is 446 g/mol. The number of methoxy groups -OCH3 is 1. The molecule has 0 amide bonds. The average molecular weight is 474 g/mol. The summed E-state index contributed by atoms with van der Waals surface area (Å²) in [5, 5.41) is 3.33. The van der Waals surface area contributed by atoms with Gasteiger partial charge < -0.3 is 23.6 Å². The third kappa shape index (κ3) is 4.41. The third-order valence-corrected chi connectivity index (χ3v) is 6.57. The topological polar surface area (TPSA) is 90.9 Å². The molecule has 5 rings (SSSR count). The molecule has 0 saturated heterocycles. The van der Waals surface area contributed by atoms with Crippen molar-refractivity contribution in [2.75, 3.05) is 7.11 Å². The van der Waals surface area contributed by atoms with Gasteiger partial charge in [-0.2, -0.15) is 0 Å². The van der Waals surface area contributed by atoms with Crippen molar-refractivity contribution >= 4 is 11.8 Å². The Kier molecular flexibility index (Phi) is 6.07. The number of carbonyl (C=O) groups excluding carboxylic acids is 2. The van der Waals surface area contributed by atoms with Crippen LogP contribution in [-0.2, 0) is 20.9 Å². The second-order valence-corrected chi connectivity index (χ2v) is 8.91. The first-order valence-corrected chi connectivity index (χ1v) is 11.6. The lowest BCUT2D eigenvalue weighted by molar-refractivity contribution is -0.140. The maximum absolute atomic E-state index is 13.5. The fourth-order valence-electron chi connectivity index (χ4n) is 4.88. The van der Waals surface area contributed by atoms with E-state index < -0.39 is 11.9 Å². The van der Waals surface area contributed by atoms with Gasteiger partial charge in [-0.25, -0.2) is 4.79 Å². The van der Waals surface area contributed by atoms with E-state index in [2.05, 4.69) is 5.32 Å². The highest BCUT2D eigenvalue weighted by atomic mass is 16.5. The number of rotatable bonds is 6. The Hall–Kier alpha value is -4.00. The second-order valence-electron chi connectivity index (χ2n) is 8.91. The van der Waals surface area contributed by atoms with E-state index in [1.54, 1.807) is 13.4 Å². The van der Waals surface area contributed by atoms with Gasteiger partial charge in [0.15, 0.2) is 5.78 Å². The minimum atomic E-state index is -0.631. The molecule has 180 valence electrons. The molecular formula is C28H27NO6. The highest BCUT2D eigenvalue weighted by molar-refractivity contribution is 6.04. The minimum Gasteiger partial charge on any atom is -0.497 e. The summed E-state index contributed by atoms with van der Waals surface area (Å²) >= 11 is 0. The van der Waals surface area contributed by atoms with Crippen LogP contribution in [0.15, 0.2) is 86.2 Å². The number of Topliss-reactive ketones (excluding diaryl/α,β-unsaturated/α-hetero) is 1. The van der Waals surface area contributed by atoms with Crippen LogP contribution >= 0.6 is 0 Å². The Balaban J connectivity index is 1.46. The highest BCUT2D eigenvalue weighted by Gasteiger charge is 2.43. The molecule has 7 nitrogen and oxygen atoms in total. The van der Waals surface area contributed by atoms with Crippen molar-refractivity contribution in [3.05, 3.63) is 100 Å². The minimum absolute atomic E-state index is 0.0350. The van der Waals surface area contributed by atoms with Crippen molar-refractivity contribution in [3.63, 3.8) is 0 Å². The van der Waals surface area contributed by atoms with Gasteiger partial charge in [0.25, 0.3) is 0 Å². The average Bonchev–Trinajstić information content (AvgIpc) is 3.54. The lowest BCUT2D eigenvalue weighted by Gasteiger charge is -2.35. The van der Waals surface area contributed by atoms with Crippen LogP contribution in [0, 0.1) is 6.92 Å². The van der Waals surface area contributed by atoms with Gasteiger partial charge in [0, 0.05) is 29.3 Å². The first-order valence-electron chi connectivity index (χ1n) is 11.6. The Morgan fingerprint density at radius 1 is 1.06 bits per heavy atom. The third-order valence-electron chi connectivity index (χ3n) is 6.57. The maximum atomic E-state index is 13.5. The van der Waals surface area contributed by atoms with Crippen LogP contribution in [0.2, 0.25) is 0 Å². The molecule has 0 unspecified atom stereocenters. The number of benzene rings is 1. The molecule has 0 spiro atoms. The summed E-state index contributed by atoms with van der Waals surface area (Å²) < 4.78 is 22.4. The van der Waals surface area contributed by atoms with Gasteiger partial charge >= 0.3 is 5.97 Å². The van der Waals surface area contributed by atoms with Crippen LogP contribution in [0.3, 0.4) is 0 Å². The lowest BCUT2D eigenvalue weighted by atomic mass is 9.74. The molecule has 0 radical (unpaired) electrons. The van der Waals surface area contributed by atoms with Crippen LogP contribution in [0.5, 0.6) is 5.75 Å². The first-order chi connectivity index (χ1) is 16.9. The number of hydrogen-bond donors (Lipinski definition) is 1. The van der Waals surface area contributed by atoms with Crippen LogP contribution < -0.4 is 10.1 Å². The van der Waals surface area contributed by atoms with Crippen molar-refractivity contribution in [1.82, 2.24) is 5.32 Å². The molecule has 1 N–H and O–H groups in total. The number of furan rings is 2. The molecule has 7 heteroatoms. The summed E-state index contributed by atoms with van der Waals surface area (Å²) in [6, 6.07) is 14.7. The summed E-state index contributed by atoms with van der Waals surface area (Å²) in [5.41, 5.74) is 3.23. The largest absolute Gasteiger partial charge is 0.497 e. The van der Waals surface area contributed by atoms with Gasteiger partial charge in [-0.1, -0.05) is 12.1 Å². The normalized spacial score (nSPS) is 19.9. The predicted molar refractivity (Wildman–Crippen MR) is 128 cm³/mol. The van der Waals surface area contributed by atoms with E-state index in [9.17, 15) is 9.59 Å². The summed E-state index contributed by atoms with van der Waals surface area (Å²) in [5.74, 6) is 1.56. The number of allylic oxidation sites excluding steroid dienone is 3. The summed E-state index contributed by atoms with van der Waals surface area (Å²) in [7, 11) is 1.60. The standard InChI is InChI=1S/C28H27NO6/c1-16-6-11-24(35-16)27-25(28(31)34-15-18-7-9-20(32-3)10-8-18)17(2)29-21-13-19(14-22(30)26(21)27)23-5-4-12-33-23/h4-12,19,27,29H,13-15H2,1-3H3/t19-,27+/m0/s1. The first kappa shape index (κ1) is 22.8. The Labute approximate surface area is 203 Å². The molecule has 1 aliphatic heterocycles. The number of ketones is 1. The van der Waals surface area contributed by atoms with Crippen LogP contribution in [0.4, 0.5) is 0 Å². The summed E-state index contributed by atoms with van der Waals surface area (Å²) in [4.78, 5) is 26.9. The number of dihydropyridines is 1. The smallest absolute Gasteiger partial charge is 0.337 e. The second kappa shape index (κ2) is 9.33. The number of ether oxygens (including phenoxy) is 2. The van der Waals surface area contributed by atoms with E-state index in [-0.39, 0.29) is 18.3 Å². The molecule has 1 aliphatic carbocycles. The molecule has 35 heavy (non-hydrogen) atoms. The zero-order valence-electron chi connectivity index (χ0n) is 19.9. The fourth-order valence-corrected chi connectivity index (χ4v) is 4.88. The number of hydrogen-bond acceptors (Lipinski definition) is 7. The molecule has 1 aromatic carbocycles. The zero-order valence-corrected chi connectivity index (χ0v) is 19.9. The molecule has 0 bridgehead atoms. The predicted octanol–water partition coefficient (Wildman–Crippen LogP) is 5.29. The summed E-state index contributed by atoms with van der Waals surface area (Å²) in [6.07, 6.45) is 2.53. The van der Waals surface area contributed by atoms with Crippen LogP contribution in [0.1, 0.15) is 54.4 Å². The van der Waals surface area contributed by atoms with Crippen molar-refractivity contribution in [3.8, 4) is 5.75 Å². The molecule has 3 aromatic rings. The Morgan fingerprint density at radius 3 is 2.51 bits per heavy atom. The quantitative estimate of drug-likeness (QED) is 0.486. The molecule has 0 saturated carbocycles. The Morgan fingerprint density at radius 2 is 1.86 bits per heavy atom. The molecule has 2 aromatic heterocycles. The fraction of sp³-hybridized carbons (Fsp3) is 0.286. The van der Waals surface area contributed by atoms with E-state index in [1.807, 2.05) is 62.4 Å². The van der Waals surface area contributed by atoms with Crippen molar-refractivity contribution < 1.29 is 27.9 Å². The van der Waals surface area contributed by atoms with Gasteiger partial charge in [-0.05, 0) is 62.2 Å².